The summed E-state index contributed by atoms with van der Waals surface area (Å²) in [5.41, 5.74) is 0. The summed E-state index contributed by atoms with van der Waals surface area (Å²) in [6, 6.07) is 0. The maximum Gasteiger partial charge on any atom is 0 e. The normalized spacial score (nSPS) is 0. The molecule has 4 nitrogen and oxygen atoms in total. The first-order chi connectivity index (χ1) is 0. The molecule has 0 saturated heterocycles. The Morgan fingerprint density at radius 3 is 0.429 bits per heavy atom. The van der Waals surface area contributed by atoms with Gasteiger partial charge in [-0.15, -0.1) is 34.0 Å². The van der Waals surface area contributed by atoms with Crippen molar-refractivity contribution in [1.29, 1.82) is 0 Å². The Kier molecular flexibility index (Phi) is 6140. The third-order valence-corrected chi connectivity index (χ3v) is 0. The molecule has 0 aliphatic carbocycles. The zero-order chi connectivity index (χ0) is 0. The zero-order valence-electron chi connectivity index (χ0n) is 3.19. The van der Waals surface area contributed by atoms with Crippen molar-refractivity contribution < 1.29 is 39.0 Å². The molecule has 0 unspecified atom stereocenters. The first-order valence-electron chi connectivity index (χ1n) is 0. The molecule has 0 bridgehead atoms. The fourth-order valence-electron chi connectivity index (χ4n) is 0. The van der Waals surface area contributed by atoms with Crippen molar-refractivity contribution in [2.75, 3.05) is 0 Å². The molecule has 8 N–H and O–H groups in total. The van der Waals surface area contributed by atoms with Crippen LogP contribution in [0.15, 0.2) is 0 Å². The van der Waals surface area contributed by atoms with Crippen molar-refractivity contribution >= 4 is 34.0 Å². The van der Waals surface area contributed by atoms with Crippen LogP contribution >= 0.6 is 34.0 Å². The van der Waals surface area contributed by atoms with Crippen molar-refractivity contribution in [2.24, 2.45) is 0 Å². The van der Waals surface area contributed by atoms with Gasteiger partial charge in [0.1, 0.15) is 0 Å². The van der Waals surface area contributed by atoms with E-state index in [-0.39, 0.29) is 72.9 Å². The van der Waals surface area contributed by atoms with Crippen molar-refractivity contribution in [2.45, 2.75) is 0 Å². The molecule has 0 aliphatic rings. The SMILES string of the molecule is Br.Br.O.O.O.O.[Mn]. The Hall–Kier alpha value is 1.32. The minimum Gasteiger partial charge on any atom is -0.412 e. The average molecular weight is 289 g/mol. The van der Waals surface area contributed by atoms with Gasteiger partial charge in [0.15, 0.2) is 0 Å². The molecule has 1 radical (unpaired) electrons. The summed E-state index contributed by atoms with van der Waals surface area (Å²) in [5.74, 6) is 0. The second kappa shape index (κ2) is 168. The monoisotopic (exact) mass is 287 g/mol. The third-order valence-electron chi connectivity index (χ3n) is 0. The minimum atomic E-state index is 0. The molecule has 0 heterocycles. The molecule has 0 atom stereocenters. The maximum atomic E-state index is 0. The number of hydrogen-bond donors (Lipinski definition) is 0. The van der Waals surface area contributed by atoms with Gasteiger partial charge >= 0.3 is 0 Å². The summed E-state index contributed by atoms with van der Waals surface area (Å²) in [6.07, 6.45) is 0. The van der Waals surface area contributed by atoms with Gasteiger partial charge in [-0.1, -0.05) is 0 Å². The molecule has 55 valence electrons. The van der Waals surface area contributed by atoms with Crippen molar-refractivity contribution in [3.8, 4) is 0 Å². The fraction of sp³-hybridized carbons (Fsp3) is 0. The summed E-state index contributed by atoms with van der Waals surface area (Å²) in [6.45, 7) is 0. The molecule has 7 heteroatoms. The summed E-state index contributed by atoms with van der Waals surface area (Å²) < 4.78 is 0. The molecule has 0 aromatic rings. The molecule has 0 fully saturated rings. The molecule has 0 rings (SSSR count). The topological polar surface area (TPSA) is 126 Å². The summed E-state index contributed by atoms with van der Waals surface area (Å²) in [7, 11) is 0. The Balaban J connectivity index is 0. The van der Waals surface area contributed by atoms with Gasteiger partial charge in [-0.25, -0.2) is 0 Å². The van der Waals surface area contributed by atoms with E-state index in [1.54, 1.807) is 0 Å². The average Bonchev–Trinajstić information content (AvgIpc) is 0. The van der Waals surface area contributed by atoms with Crippen LogP contribution < -0.4 is 0 Å². The Morgan fingerprint density at radius 1 is 0.429 bits per heavy atom. The smallest absolute Gasteiger partial charge is 0 e. The molecule has 7 heavy (non-hydrogen) atoms. The van der Waals surface area contributed by atoms with Crippen molar-refractivity contribution in [3.05, 3.63) is 0 Å². The first-order valence-corrected chi connectivity index (χ1v) is 0. The van der Waals surface area contributed by atoms with Crippen LogP contribution in [0.5, 0.6) is 0 Å². The minimum absolute atomic E-state index is 0. The van der Waals surface area contributed by atoms with Crippen LogP contribution in [0.2, 0.25) is 0 Å². The van der Waals surface area contributed by atoms with Gasteiger partial charge in [0, 0.05) is 17.1 Å². The predicted molar refractivity (Wildman–Crippen MR) is 35.1 cm³/mol. The summed E-state index contributed by atoms with van der Waals surface area (Å²) in [5, 5.41) is 0. The van der Waals surface area contributed by atoms with E-state index in [1.807, 2.05) is 0 Å². The van der Waals surface area contributed by atoms with E-state index in [2.05, 4.69) is 0 Å². The van der Waals surface area contributed by atoms with Crippen LogP contribution in [0.4, 0.5) is 0 Å². The second-order valence-electron chi connectivity index (χ2n) is 0. The molecule has 0 aromatic heterocycles. The van der Waals surface area contributed by atoms with Gasteiger partial charge in [0.2, 0.25) is 0 Å². The zero-order valence-corrected chi connectivity index (χ0v) is 7.80. The number of halogens is 2. The van der Waals surface area contributed by atoms with Crippen LogP contribution in [0.3, 0.4) is 0 Å². The van der Waals surface area contributed by atoms with E-state index in [1.165, 1.54) is 0 Å². The van der Waals surface area contributed by atoms with Crippen molar-refractivity contribution in [1.82, 2.24) is 0 Å². The van der Waals surface area contributed by atoms with Crippen LogP contribution in [0.25, 0.3) is 0 Å². The maximum absolute atomic E-state index is 0. The number of hydrogen-bond acceptors (Lipinski definition) is 0. The van der Waals surface area contributed by atoms with Crippen LogP contribution in [0, 0.1) is 0 Å². The first kappa shape index (κ1) is 256. The second-order valence-corrected chi connectivity index (χ2v) is 0. The van der Waals surface area contributed by atoms with E-state index in [9.17, 15) is 0 Å². The standard InChI is InChI=1S/2BrH.Mn.4H2O/h2*1H;;4*1H2. The third kappa shape index (κ3) is 119. The molecule has 0 spiro atoms. The Labute approximate surface area is 72.9 Å². The number of rotatable bonds is 0. The van der Waals surface area contributed by atoms with E-state index in [4.69, 9.17) is 0 Å². The van der Waals surface area contributed by atoms with Gasteiger partial charge in [-0.05, 0) is 0 Å². The van der Waals surface area contributed by atoms with Gasteiger partial charge in [0.25, 0.3) is 0 Å². The van der Waals surface area contributed by atoms with Crippen LogP contribution in [-0.4, -0.2) is 21.9 Å². The fourth-order valence-corrected chi connectivity index (χ4v) is 0. The van der Waals surface area contributed by atoms with E-state index in [0.29, 0.717) is 0 Å². The molecular formula is H10Br2MnO4. The summed E-state index contributed by atoms with van der Waals surface area (Å²) in [4.78, 5) is 0. The van der Waals surface area contributed by atoms with Gasteiger partial charge in [-0.3, -0.25) is 0 Å². The van der Waals surface area contributed by atoms with Crippen LogP contribution in [0.1, 0.15) is 0 Å². The Morgan fingerprint density at radius 2 is 0.429 bits per heavy atom. The molecule has 0 aliphatic heterocycles. The molecular weight excluding hydrogens is 279 g/mol. The summed E-state index contributed by atoms with van der Waals surface area (Å²) >= 11 is 0. The van der Waals surface area contributed by atoms with Gasteiger partial charge in [-0.2, -0.15) is 0 Å². The molecule has 0 saturated carbocycles. The molecule has 0 aromatic carbocycles. The predicted octanol–water partition coefficient (Wildman–Crippen LogP) is -2.15. The van der Waals surface area contributed by atoms with Gasteiger partial charge < -0.3 is 21.9 Å². The quantitative estimate of drug-likeness (QED) is 0.451. The van der Waals surface area contributed by atoms with Gasteiger partial charge in [0.05, 0.1) is 0 Å². The van der Waals surface area contributed by atoms with E-state index >= 15 is 0 Å². The largest absolute Gasteiger partial charge is 0.412 e. The van der Waals surface area contributed by atoms with Crippen LogP contribution in [-0.2, 0) is 17.1 Å². The molecule has 0 amide bonds. The Bertz CT molecular complexity index is 9.65. The van der Waals surface area contributed by atoms with Crippen molar-refractivity contribution in [3.63, 3.8) is 0 Å². The van der Waals surface area contributed by atoms with E-state index in [0.717, 1.165) is 0 Å². The van der Waals surface area contributed by atoms with E-state index < -0.39 is 0 Å².